The van der Waals surface area contributed by atoms with Crippen LogP contribution in [0, 0.1) is 55.4 Å². The highest BCUT2D eigenvalue weighted by Crippen LogP contribution is 2.65. The minimum atomic E-state index is 0.0283. The van der Waals surface area contributed by atoms with Crippen molar-refractivity contribution in [1.82, 2.24) is 4.57 Å². The third-order valence-corrected chi connectivity index (χ3v) is 18.8. The molecule has 278 valence electrons. The van der Waals surface area contributed by atoms with Crippen molar-refractivity contribution in [3.8, 4) is 0 Å². The number of aromatic nitrogens is 1. The van der Waals surface area contributed by atoms with E-state index < -0.39 is 0 Å². The molecule has 0 bridgehead atoms. The summed E-state index contributed by atoms with van der Waals surface area (Å²) in [4.78, 5) is 12.6. The van der Waals surface area contributed by atoms with Gasteiger partial charge in [0.2, 0.25) is 0 Å². The molecule has 7 aromatic rings. The van der Waals surface area contributed by atoms with Gasteiger partial charge in [0.25, 0.3) is 0 Å². The van der Waals surface area contributed by atoms with E-state index in [-0.39, 0.29) is 11.3 Å². The molecule has 0 amide bonds. The van der Waals surface area contributed by atoms with Crippen LogP contribution in [-0.4, -0.2) is 15.9 Å². The molecule has 0 fully saturated rings. The van der Waals surface area contributed by atoms with E-state index >= 15 is 0 Å². The van der Waals surface area contributed by atoms with Gasteiger partial charge < -0.3 is 9.47 Å². The summed E-state index contributed by atoms with van der Waals surface area (Å²) in [6.45, 7) is 18.6. The molecular weight excluding hydrogens is 757 g/mol. The van der Waals surface area contributed by atoms with Crippen LogP contribution in [0.1, 0.15) is 44.5 Å². The molecular formula is C50H44N2S4. The van der Waals surface area contributed by atoms with Gasteiger partial charge in [0, 0.05) is 56.4 Å². The van der Waals surface area contributed by atoms with Crippen molar-refractivity contribution in [2.75, 3.05) is 4.90 Å². The Hall–Kier alpha value is -4.20. The van der Waals surface area contributed by atoms with Gasteiger partial charge in [0.15, 0.2) is 0 Å². The summed E-state index contributed by atoms with van der Waals surface area (Å²) in [5.41, 5.74) is 17.5. The number of benzene rings is 6. The first-order chi connectivity index (χ1) is 27.2. The zero-order valence-electron chi connectivity index (χ0n) is 33.1. The highest BCUT2D eigenvalue weighted by atomic mass is 32.2. The summed E-state index contributed by atoms with van der Waals surface area (Å²) < 4.78 is 2.64. The van der Waals surface area contributed by atoms with E-state index in [1.807, 2.05) is 35.3 Å². The molecule has 0 radical (unpaired) electrons. The maximum atomic E-state index is 2.66. The van der Waals surface area contributed by atoms with Crippen LogP contribution in [0.15, 0.2) is 143 Å². The van der Waals surface area contributed by atoms with E-state index in [0.29, 0.717) is 0 Å². The van der Waals surface area contributed by atoms with Crippen molar-refractivity contribution in [2.45, 2.75) is 86.3 Å². The Kier molecular flexibility index (Phi) is 8.86. The Morgan fingerprint density at radius 3 is 1.36 bits per heavy atom. The smallest absolute Gasteiger partial charge is 0.0834 e. The van der Waals surface area contributed by atoms with E-state index in [9.17, 15) is 0 Å². The summed E-state index contributed by atoms with van der Waals surface area (Å²) in [7, 11) is 0. The van der Waals surface area contributed by atoms with Crippen LogP contribution in [0.3, 0.4) is 0 Å². The van der Waals surface area contributed by atoms with Gasteiger partial charge in [-0.05, 0) is 136 Å². The van der Waals surface area contributed by atoms with Crippen LogP contribution < -0.4 is 4.90 Å². The summed E-state index contributed by atoms with van der Waals surface area (Å²) in [6.07, 6.45) is 0. The largest absolute Gasteiger partial charge is 0.332 e. The number of nitrogens with zero attached hydrogens (tertiary/aromatic N) is 2. The van der Waals surface area contributed by atoms with Crippen molar-refractivity contribution in [3.63, 3.8) is 0 Å². The molecule has 0 N–H and O–H groups in total. The third-order valence-electron chi connectivity index (χ3n) is 12.7. The number of para-hydroxylation sites is 4. The van der Waals surface area contributed by atoms with Crippen LogP contribution in [0.5, 0.6) is 0 Å². The Balaban J connectivity index is 1.36. The lowest BCUT2D eigenvalue weighted by molar-refractivity contribution is 0.771. The second kappa shape index (κ2) is 13.7. The third kappa shape index (κ3) is 5.29. The van der Waals surface area contributed by atoms with Crippen LogP contribution in [-0.2, 0) is 0 Å². The Morgan fingerprint density at radius 2 is 0.839 bits per heavy atom. The molecule has 3 heterocycles. The van der Waals surface area contributed by atoms with Gasteiger partial charge in [-0.3, -0.25) is 0 Å². The van der Waals surface area contributed by atoms with E-state index in [4.69, 9.17) is 0 Å². The van der Waals surface area contributed by atoms with Crippen molar-refractivity contribution >= 4 is 85.9 Å². The molecule has 2 unspecified atom stereocenters. The van der Waals surface area contributed by atoms with Crippen molar-refractivity contribution < 1.29 is 0 Å². The second-order valence-corrected chi connectivity index (χ2v) is 19.7. The summed E-state index contributed by atoms with van der Waals surface area (Å²) in [6, 6.07) is 40.4. The van der Waals surface area contributed by atoms with Crippen LogP contribution in [0.4, 0.5) is 11.4 Å². The Labute approximate surface area is 347 Å². The predicted octanol–water partition coefficient (Wildman–Crippen LogP) is 15.0. The Bertz CT molecular complexity index is 2750. The summed E-state index contributed by atoms with van der Waals surface area (Å²) in [5.74, 6) is 0. The second-order valence-electron chi connectivity index (χ2n) is 15.4. The molecule has 10 rings (SSSR count). The maximum absolute atomic E-state index is 2.66. The number of hydrogen-bond acceptors (Lipinski definition) is 5. The first kappa shape index (κ1) is 36.2. The summed E-state index contributed by atoms with van der Waals surface area (Å²) >= 11 is 8.21. The molecule has 0 saturated heterocycles. The average Bonchev–Trinajstić information content (AvgIpc) is 3.57. The number of fused-ring (bicyclic) bond motifs is 6. The Morgan fingerprint density at radius 1 is 0.429 bits per heavy atom. The zero-order valence-corrected chi connectivity index (χ0v) is 36.3. The SMILES string of the molecule is Cc1c(C)c(C)c2c(c1C)SC1=C(S2)C(N(c2ccccc2)c2ccccc2)C2Sc3c(C)c(C)c(C)c(C)c3SC2=C1n1c2ccccc2c2ccccc21. The highest BCUT2D eigenvalue weighted by molar-refractivity contribution is 8.11. The molecule has 2 nitrogen and oxygen atoms in total. The monoisotopic (exact) mass is 800 g/mol. The average molecular weight is 801 g/mol. The quantitative estimate of drug-likeness (QED) is 0.175. The number of anilines is 2. The number of rotatable bonds is 4. The van der Waals surface area contributed by atoms with Crippen molar-refractivity contribution in [1.29, 1.82) is 0 Å². The number of allylic oxidation sites excluding steroid dienone is 1. The van der Waals surface area contributed by atoms with E-state index in [1.54, 1.807) is 0 Å². The fraction of sp³-hybridized carbons (Fsp3) is 0.200. The normalized spacial score (nSPS) is 17.6. The van der Waals surface area contributed by atoms with Crippen molar-refractivity contribution in [3.05, 3.63) is 168 Å². The van der Waals surface area contributed by atoms with E-state index in [2.05, 4.69) is 186 Å². The number of hydrogen-bond donors (Lipinski definition) is 0. The fourth-order valence-electron chi connectivity index (χ4n) is 8.93. The number of thioether (sulfide) groups is 4. The molecule has 2 aliphatic heterocycles. The molecule has 0 saturated carbocycles. The molecule has 3 aliphatic rings. The standard InChI is InChI=1S/C50H44N2S4/c1-27-29(3)33(7)45-43(31(27)5)53-47-41(51(35-19-11-9-12-20-35)36-21-13-10-14-22-36)48-50(56-46-34(8)30(4)28(2)32(6)44(46)54-48)42(49(47)55-45)52-39-25-17-15-23-37(39)38-24-16-18-26-40(38)52/h9-26,41,47H,1-8H3. The lowest BCUT2D eigenvalue weighted by Gasteiger charge is -2.48. The van der Waals surface area contributed by atoms with Gasteiger partial charge in [0.1, 0.15) is 0 Å². The lowest BCUT2D eigenvalue weighted by Crippen LogP contribution is -2.45. The first-order valence-corrected chi connectivity index (χ1v) is 22.8. The minimum absolute atomic E-state index is 0.0283. The van der Waals surface area contributed by atoms with Gasteiger partial charge in [-0.2, -0.15) is 0 Å². The lowest BCUT2D eigenvalue weighted by atomic mass is 9.99. The van der Waals surface area contributed by atoms with Crippen LogP contribution in [0.2, 0.25) is 0 Å². The van der Waals surface area contributed by atoms with Gasteiger partial charge in [-0.25, -0.2) is 0 Å². The van der Waals surface area contributed by atoms with Gasteiger partial charge in [-0.1, -0.05) is 108 Å². The predicted molar refractivity (Wildman–Crippen MR) is 246 cm³/mol. The van der Waals surface area contributed by atoms with E-state index in [0.717, 1.165) is 0 Å². The molecule has 0 spiro atoms. The molecule has 1 aromatic heterocycles. The molecule has 1 aliphatic carbocycles. The van der Waals surface area contributed by atoms with E-state index in [1.165, 1.54) is 118 Å². The topological polar surface area (TPSA) is 8.17 Å². The first-order valence-electron chi connectivity index (χ1n) is 19.4. The summed E-state index contributed by atoms with van der Waals surface area (Å²) in [5, 5.41) is 2.71. The maximum Gasteiger partial charge on any atom is 0.0834 e. The van der Waals surface area contributed by atoms with Crippen LogP contribution >= 0.6 is 47.0 Å². The fourth-order valence-corrected chi connectivity index (χ4v) is 15.5. The van der Waals surface area contributed by atoms with Gasteiger partial charge in [0.05, 0.1) is 28.0 Å². The molecule has 56 heavy (non-hydrogen) atoms. The zero-order chi connectivity index (χ0) is 38.6. The minimum Gasteiger partial charge on any atom is -0.332 e. The molecule has 6 heteroatoms. The van der Waals surface area contributed by atoms with Crippen LogP contribution in [0.25, 0.3) is 27.5 Å². The van der Waals surface area contributed by atoms with Crippen molar-refractivity contribution in [2.24, 2.45) is 0 Å². The molecule has 2 atom stereocenters. The van der Waals surface area contributed by atoms with Gasteiger partial charge >= 0.3 is 0 Å². The van der Waals surface area contributed by atoms with Gasteiger partial charge in [-0.15, -0.1) is 11.8 Å². The highest BCUT2D eigenvalue weighted by Gasteiger charge is 2.48. The molecule has 6 aromatic carbocycles.